The van der Waals surface area contributed by atoms with Crippen molar-refractivity contribution in [2.45, 2.75) is 6.54 Å². The molecule has 0 aliphatic carbocycles. The van der Waals surface area contributed by atoms with Crippen molar-refractivity contribution in [3.8, 4) is 22.9 Å². The predicted octanol–water partition coefficient (Wildman–Crippen LogP) is 2.62. The number of rotatable bonds is 5. The largest absolute Gasteiger partial charge is 0.494 e. The molecular weight excluding hydrogens is 342 g/mol. The second kappa shape index (κ2) is 6.80. The number of pyridine rings is 2. The van der Waals surface area contributed by atoms with Crippen molar-refractivity contribution < 1.29 is 4.74 Å². The molecule has 0 saturated heterocycles. The SMILES string of the molecule is COc1cc(-c2cnn(C)c2)cn2ncc(CNc3ccc(C#N)nc3)c12. The van der Waals surface area contributed by atoms with Crippen LogP contribution in [0.25, 0.3) is 16.6 Å². The highest BCUT2D eigenvalue weighted by atomic mass is 16.5. The minimum Gasteiger partial charge on any atom is -0.494 e. The van der Waals surface area contributed by atoms with Crippen molar-refractivity contribution in [1.82, 2.24) is 24.4 Å². The van der Waals surface area contributed by atoms with Crippen molar-refractivity contribution in [1.29, 1.82) is 5.26 Å². The zero-order chi connectivity index (χ0) is 18.8. The molecule has 4 heterocycles. The van der Waals surface area contributed by atoms with E-state index in [0.29, 0.717) is 12.2 Å². The molecule has 0 aliphatic heterocycles. The third-order valence-corrected chi connectivity index (χ3v) is 4.27. The van der Waals surface area contributed by atoms with Gasteiger partial charge in [0.05, 0.1) is 31.4 Å². The molecule has 0 saturated carbocycles. The number of fused-ring (bicyclic) bond motifs is 1. The molecule has 0 aliphatic rings. The minimum absolute atomic E-state index is 0.390. The molecule has 0 atom stereocenters. The number of nitrogens with one attached hydrogen (secondary N) is 1. The van der Waals surface area contributed by atoms with Crippen LogP contribution in [0.4, 0.5) is 5.69 Å². The molecule has 0 fully saturated rings. The van der Waals surface area contributed by atoms with Gasteiger partial charge in [-0.05, 0) is 18.2 Å². The fourth-order valence-corrected chi connectivity index (χ4v) is 2.92. The standard InChI is InChI=1S/C19H17N7O/c1-25-11-15(9-23-25)13-5-18(27-2)19-14(8-24-26(19)12-13)7-21-17-4-3-16(6-20)22-10-17/h3-5,8-12,21H,7H2,1-2H3. The number of aromatic nitrogens is 5. The van der Waals surface area contributed by atoms with Crippen molar-refractivity contribution in [2.75, 3.05) is 12.4 Å². The van der Waals surface area contributed by atoms with E-state index in [1.807, 2.05) is 54.6 Å². The van der Waals surface area contributed by atoms with Crippen molar-refractivity contribution in [2.24, 2.45) is 7.05 Å². The second-order valence-corrected chi connectivity index (χ2v) is 6.06. The van der Waals surface area contributed by atoms with Gasteiger partial charge in [-0.25, -0.2) is 9.50 Å². The monoisotopic (exact) mass is 359 g/mol. The van der Waals surface area contributed by atoms with Gasteiger partial charge in [-0.15, -0.1) is 0 Å². The number of methoxy groups -OCH3 is 1. The lowest BCUT2D eigenvalue weighted by molar-refractivity contribution is 0.417. The highest BCUT2D eigenvalue weighted by molar-refractivity contribution is 5.73. The van der Waals surface area contributed by atoms with Crippen molar-refractivity contribution in [3.63, 3.8) is 0 Å². The maximum Gasteiger partial charge on any atom is 0.145 e. The van der Waals surface area contributed by atoms with Crippen LogP contribution < -0.4 is 10.1 Å². The summed E-state index contributed by atoms with van der Waals surface area (Å²) in [5.41, 5.74) is 5.09. The van der Waals surface area contributed by atoms with Crippen LogP contribution in [0, 0.1) is 11.3 Å². The molecule has 0 spiro atoms. The Morgan fingerprint density at radius 3 is 2.70 bits per heavy atom. The lowest BCUT2D eigenvalue weighted by Gasteiger charge is -2.09. The summed E-state index contributed by atoms with van der Waals surface area (Å²) in [6.07, 6.45) is 9.17. The maximum absolute atomic E-state index is 8.83. The maximum atomic E-state index is 8.83. The Kier molecular flexibility index (Phi) is 4.18. The zero-order valence-corrected chi connectivity index (χ0v) is 14.9. The fourth-order valence-electron chi connectivity index (χ4n) is 2.92. The molecule has 27 heavy (non-hydrogen) atoms. The van der Waals surface area contributed by atoms with E-state index in [1.165, 1.54) is 0 Å². The van der Waals surface area contributed by atoms with E-state index in [-0.39, 0.29) is 0 Å². The molecule has 0 aromatic carbocycles. The summed E-state index contributed by atoms with van der Waals surface area (Å²) in [6, 6.07) is 7.50. The minimum atomic E-state index is 0.390. The first-order valence-electron chi connectivity index (χ1n) is 8.31. The van der Waals surface area contributed by atoms with E-state index in [2.05, 4.69) is 20.5 Å². The number of nitriles is 1. The van der Waals surface area contributed by atoms with Gasteiger partial charge in [-0.2, -0.15) is 15.5 Å². The summed E-state index contributed by atoms with van der Waals surface area (Å²) in [7, 11) is 3.53. The van der Waals surface area contributed by atoms with Crippen LogP contribution in [0.1, 0.15) is 11.3 Å². The summed E-state index contributed by atoms with van der Waals surface area (Å²) in [5.74, 6) is 0.739. The Labute approximate surface area is 155 Å². The average molecular weight is 359 g/mol. The quantitative estimate of drug-likeness (QED) is 0.589. The van der Waals surface area contributed by atoms with Gasteiger partial charge >= 0.3 is 0 Å². The number of hydrogen-bond acceptors (Lipinski definition) is 6. The average Bonchev–Trinajstić information content (AvgIpc) is 3.32. The smallest absolute Gasteiger partial charge is 0.145 e. The van der Waals surface area contributed by atoms with Crippen LogP contribution in [0.15, 0.2) is 49.2 Å². The van der Waals surface area contributed by atoms with E-state index in [1.54, 1.807) is 24.1 Å². The molecule has 134 valence electrons. The molecule has 0 amide bonds. The molecule has 0 unspecified atom stereocenters. The topological polar surface area (TPSA) is 93.1 Å². The van der Waals surface area contributed by atoms with Gasteiger partial charge in [0, 0.05) is 42.7 Å². The summed E-state index contributed by atoms with van der Waals surface area (Å²) >= 11 is 0. The number of anilines is 1. The summed E-state index contributed by atoms with van der Waals surface area (Å²) in [4.78, 5) is 4.06. The van der Waals surface area contributed by atoms with Gasteiger partial charge in [0.15, 0.2) is 0 Å². The molecule has 8 nitrogen and oxygen atoms in total. The Balaban J connectivity index is 1.64. The van der Waals surface area contributed by atoms with Gasteiger partial charge < -0.3 is 10.1 Å². The fraction of sp³-hybridized carbons (Fsp3) is 0.158. The van der Waals surface area contributed by atoms with Gasteiger partial charge in [0.25, 0.3) is 0 Å². The lowest BCUT2D eigenvalue weighted by atomic mass is 10.1. The second-order valence-electron chi connectivity index (χ2n) is 6.06. The molecule has 4 aromatic heterocycles. The van der Waals surface area contributed by atoms with Crippen LogP contribution in [-0.4, -0.2) is 31.5 Å². The molecule has 1 N–H and O–H groups in total. The van der Waals surface area contributed by atoms with Gasteiger partial charge in [-0.3, -0.25) is 4.68 Å². The number of aryl methyl sites for hydroxylation is 1. The zero-order valence-electron chi connectivity index (χ0n) is 14.9. The van der Waals surface area contributed by atoms with Gasteiger partial charge in [0.2, 0.25) is 0 Å². The van der Waals surface area contributed by atoms with Crippen LogP contribution in [0.2, 0.25) is 0 Å². The predicted molar refractivity (Wildman–Crippen MR) is 100 cm³/mol. The summed E-state index contributed by atoms with van der Waals surface area (Å²) in [5, 5.41) is 20.8. The number of hydrogen-bond donors (Lipinski definition) is 1. The molecule has 8 heteroatoms. The van der Waals surface area contributed by atoms with Crippen LogP contribution in [0.3, 0.4) is 0 Å². The summed E-state index contributed by atoms with van der Waals surface area (Å²) in [6.45, 7) is 0.555. The number of ether oxygens (including phenoxy) is 1. The first-order valence-corrected chi connectivity index (χ1v) is 8.31. The molecule has 4 rings (SSSR count). The molecule has 0 radical (unpaired) electrons. The Hall–Kier alpha value is -3.86. The normalized spacial score (nSPS) is 10.7. The highest BCUT2D eigenvalue weighted by Crippen LogP contribution is 2.30. The molecular formula is C19H17N7O. The highest BCUT2D eigenvalue weighted by Gasteiger charge is 2.13. The Morgan fingerprint density at radius 1 is 1.15 bits per heavy atom. The van der Waals surface area contributed by atoms with Crippen LogP contribution in [0.5, 0.6) is 5.75 Å². The van der Waals surface area contributed by atoms with E-state index in [9.17, 15) is 0 Å². The third kappa shape index (κ3) is 3.18. The van der Waals surface area contributed by atoms with Crippen molar-refractivity contribution in [3.05, 3.63) is 60.4 Å². The van der Waals surface area contributed by atoms with E-state index in [4.69, 9.17) is 10.00 Å². The van der Waals surface area contributed by atoms with Gasteiger partial charge in [0.1, 0.15) is 23.0 Å². The Bertz CT molecular complexity index is 1140. The van der Waals surface area contributed by atoms with E-state index < -0.39 is 0 Å². The van der Waals surface area contributed by atoms with E-state index in [0.717, 1.165) is 33.6 Å². The van der Waals surface area contributed by atoms with Gasteiger partial charge in [-0.1, -0.05) is 0 Å². The Morgan fingerprint density at radius 2 is 2.04 bits per heavy atom. The van der Waals surface area contributed by atoms with E-state index >= 15 is 0 Å². The molecule has 4 aromatic rings. The van der Waals surface area contributed by atoms with Crippen LogP contribution in [-0.2, 0) is 13.6 Å². The first kappa shape index (κ1) is 16.6. The molecule has 0 bridgehead atoms. The first-order chi connectivity index (χ1) is 13.2. The number of nitrogens with zero attached hydrogens (tertiary/aromatic N) is 6. The summed E-state index contributed by atoms with van der Waals surface area (Å²) < 4.78 is 9.19. The van der Waals surface area contributed by atoms with Crippen LogP contribution >= 0.6 is 0 Å². The lowest BCUT2D eigenvalue weighted by Crippen LogP contribution is -2.01. The third-order valence-electron chi connectivity index (χ3n) is 4.27. The van der Waals surface area contributed by atoms with Crippen molar-refractivity contribution >= 4 is 11.2 Å².